The molecule has 3 heteroatoms. The Balaban J connectivity index is 2.09. The fourth-order valence-electron chi connectivity index (χ4n) is 2.15. The van der Waals surface area contributed by atoms with Gasteiger partial charge in [0, 0.05) is 12.5 Å². The first kappa shape index (κ1) is 13.7. The van der Waals surface area contributed by atoms with Gasteiger partial charge in [0.1, 0.15) is 11.5 Å². The van der Waals surface area contributed by atoms with E-state index < -0.39 is 0 Å². The standard InChI is InChI=1S/C16H21NO2/c1-3-17-16(12-15-6-5-11-19-15)13-7-9-14(10-8-13)18-4-2/h5-11,16-17H,3-4,12H2,1-2H3. The van der Waals surface area contributed by atoms with Gasteiger partial charge in [0.25, 0.3) is 0 Å². The van der Waals surface area contributed by atoms with Crippen LogP contribution in [0.2, 0.25) is 0 Å². The van der Waals surface area contributed by atoms with Gasteiger partial charge in [-0.15, -0.1) is 0 Å². The SMILES string of the molecule is CCNC(Cc1ccco1)c1ccc(OCC)cc1. The zero-order valence-electron chi connectivity index (χ0n) is 11.6. The second kappa shape index (κ2) is 7.00. The van der Waals surface area contributed by atoms with E-state index in [1.54, 1.807) is 6.26 Å². The lowest BCUT2D eigenvalue weighted by molar-refractivity contribution is 0.340. The first-order chi connectivity index (χ1) is 9.33. The predicted octanol–water partition coefficient (Wildman–Crippen LogP) is 3.57. The van der Waals surface area contributed by atoms with Crippen LogP contribution in [-0.2, 0) is 6.42 Å². The maximum atomic E-state index is 5.47. The molecule has 1 atom stereocenters. The van der Waals surface area contributed by atoms with Crippen molar-refractivity contribution in [1.29, 1.82) is 0 Å². The monoisotopic (exact) mass is 259 g/mol. The Kier molecular flexibility index (Phi) is 5.04. The van der Waals surface area contributed by atoms with Gasteiger partial charge in [-0.2, -0.15) is 0 Å². The summed E-state index contributed by atoms with van der Waals surface area (Å²) in [5.74, 6) is 1.92. The van der Waals surface area contributed by atoms with Crippen LogP contribution in [0.5, 0.6) is 5.75 Å². The highest BCUT2D eigenvalue weighted by Crippen LogP contribution is 2.21. The highest BCUT2D eigenvalue weighted by Gasteiger charge is 2.12. The number of rotatable bonds is 7. The molecule has 3 nitrogen and oxygen atoms in total. The zero-order chi connectivity index (χ0) is 13.5. The van der Waals surface area contributed by atoms with Crippen molar-refractivity contribution in [2.45, 2.75) is 26.3 Å². The minimum absolute atomic E-state index is 0.270. The van der Waals surface area contributed by atoms with E-state index in [4.69, 9.17) is 9.15 Å². The smallest absolute Gasteiger partial charge is 0.119 e. The molecule has 0 spiro atoms. The van der Waals surface area contributed by atoms with E-state index >= 15 is 0 Å². The van der Waals surface area contributed by atoms with Crippen molar-refractivity contribution in [3.63, 3.8) is 0 Å². The summed E-state index contributed by atoms with van der Waals surface area (Å²) in [6, 6.07) is 12.5. The molecule has 1 unspecified atom stereocenters. The summed E-state index contributed by atoms with van der Waals surface area (Å²) in [5.41, 5.74) is 1.25. The fraction of sp³-hybridized carbons (Fsp3) is 0.375. The number of hydrogen-bond acceptors (Lipinski definition) is 3. The van der Waals surface area contributed by atoms with Crippen LogP contribution in [0.1, 0.15) is 31.2 Å². The average Bonchev–Trinajstić information content (AvgIpc) is 2.93. The van der Waals surface area contributed by atoms with Crippen LogP contribution in [0, 0.1) is 0 Å². The van der Waals surface area contributed by atoms with Gasteiger partial charge in [-0.3, -0.25) is 0 Å². The second-order valence-electron chi connectivity index (χ2n) is 4.40. The topological polar surface area (TPSA) is 34.4 Å². The van der Waals surface area contributed by atoms with E-state index in [-0.39, 0.29) is 6.04 Å². The van der Waals surface area contributed by atoms with Gasteiger partial charge in [-0.05, 0) is 43.3 Å². The largest absolute Gasteiger partial charge is 0.494 e. The van der Waals surface area contributed by atoms with Crippen molar-refractivity contribution in [3.05, 3.63) is 54.0 Å². The molecule has 1 aromatic heterocycles. The van der Waals surface area contributed by atoms with Crippen LogP contribution in [0.15, 0.2) is 47.1 Å². The molecular weight excluding hydrogens is 238 g/mol. The third kappa shape index (κ3) is 3.86. The van der Waals surface area contributed by atoms with Crippen LogP contribution >= 0.6 is 0 Å². The fourth-order valence-corrected chi connectivity index (χ4v) is 2.15. The van der Waals surface area contributed by atoms with Crippen LogP contribution in [0.25, 0.3) is 0 Å². The number of furan rings is 1. The van der Waals surface area contributed by atoms with Gasteiger partial charge >= 0.3 is 0 Å². The summed E-state index contributed by atoms with van der Waals surface area (Å²) in [7, 11) is 0. The molecule has 1 heterocycles. The van der Waals surface area contributed by atoms with Crippen LogP contribution in [-0.4, -0.2) is 13.2 Å². The van der Waals surface area contributed by atoms with Crippen molar-refractivity contribution in [1.82, 2.24) is 5.32 Å². The molecule has 0 amide bonds. The van der Waals surface area contributed by atoms with E-state index in [0.29, 0.717) is 6.61 Å². The molecule has 0 saturated heterocycles. The Bertz CT molecular complexity index is 462. The summed E-state index contributed by atoms with van der Waals surface area (Å²) in [4.78, 5) is 0. The van der Waals surface area contributed by atoms with E-state index in [0.717, 1.165) is 24.5 Å². The molecule has 0 aliphatic rings. The molecule has 2 rings (SSSR count). The van der Waals surface area contributed by atoms with Crippen molar-refractivity contribution < 1.29 is 9.15 Å². The molecule has 0 saturated carbocycles. The van der Waals surface area contributed by atoms with Gasteiger partial charge in [-0.25, -0.2) is 0 Å². The third-order valence-corrected chi connectivity index (χ3v) is 3.03. The molecule has 0 aliphatic carbocycles. The predicted molar refractivity (Wildman–Crippen MR) is 76.4 cm³/mol. The minimum atomic E-state index is 0.270. The number of hydrogen-bond donors (Lipinski definition) is 1. The number of benzene rings is 1. The minimum Gasteiger partial charge on any atom is -0.494 e. The number of nitrogens with one attached hydrogen (secondary N) is 1. The number of ether oxygens (including phenoxy) is 1. The summed E-state index contributed by atoms with van der Waals surface area (Å²) >= 11 is 0. The van der Waals surface area contributed by atoms with E-state index in [1.807, 2.05) is 31.2 Å². The summed E-state index contributed by atoms with van der Waals surface area (Å²) in [5, 5.41) is 3.49. The van der Waals surface area contributed by atoms with Crippen molar-refractivity contribution in [3.8, 4) is 5.75 Å². The zero-order valence-corrected chi connectivity index (χ0v) is 11.6. The average molecular weight is 259 g/mol. The molecule has 0 bridgehead atoms. The van der Waals surface area contributed by atoms with Crippen LogP contribution < -0.4 is 10.1 Å². The molecule has 0 fully saturated rings. The number of likely N-dealkylation sites (N-methyl/N-ethyl adjacent to an activating group) is 1. The van der Waals surface area contributed by atoms with Gasteiger partial charge < -0.3 is 14.5 Å². The molecular formula is C16H21NO2. The molecule has 19 heavy (non-hydrogen) atoms. The van der Waals surface area contributed by atoms with Gasteiger partial charge in [0.05, 0.1) is 12.9 Å². The second-order valence-corrected chi connectivity index (χ2v) is 4.40. The maximum Gasteiger partial charge on any atom is 0.119 e. The van der Waals surface area contributed by atoms with Crippen LogP contribution in [0.3, 0.4) is 0 Å². The van der Waals surface area contributed by atoms with E-state index in [1.165, 1.54) is 5.56 Å². The Morgan fingerprint density at radius 2 is 1.95 bits per heavy atom. The Labute approximate surface area is 114 Å². The molecule has 0 aliphatic heterocycles. The van der Waals surface area contributed by atoms with Crippen molar-refractivity contribution in [2.75, 3.05) is 13.2 Å². The molecule has 2 aromatic rings. The molecule has 1 aromatic carbocycles. The van der Waals surface area contributed by atoms with E-state index in [9.17, 15) is 0 Å². The van der Waals surface area contributed by atoms with E-state index in [2.05, 4.69) is 24.4 Å². The lowest BCUT2D eigenvalue weighted by Gasteiger charge is -2.17. The highest BCUT2D eigenvalue weighted by molar-refractivity contribution is 5.29. The molecule has 102 valence electrons. The lowest BCUT2D eigenvalue weighted by Crippen LogP contribution is -2.22. The van der Waals surface area contributed by atoms with Gasteiger partial charge in [0.15, 0.2) is 0 Å². The summed E-state index contributed by atoms with van der Waals surface area (Å²) in [6.45, 7) is 5.73. The maximum absolute atomic E-state index is 5.47. The first-order valence-electron chi connectivity index (χ1n) is 6.82. The first-order valence-corrected chi connectivity index (χ1v) is 6.82. The normalized spacial score (nSPS) is 12.3. The molecule has 0 radical (unpaired) electrons. The Hall–Kier alpha value is -1.74. The van der Waals surface area contributed by atoms with Gasteiger partial charge in [0.2, 0.25) is 0 Å². The lowest BCUT2D eigenvalue weighted by atomic mass is 10.0. The van der Waals surface area contributed by atoms with Crippen molar-refractivity contribution in [2.24, 2.45) is 0 Å². The quantitative estimate of drug-likeness (QED) is 0.825. The Morgan fingerprint density at radius 3 is 2.53 bits per heavy atom. The summed E-state index contributed by atoms with van der Waals surface area (Å²) in [6.07, 6.45) is 2.57. The molecule has 1 N–H and O–H groups in total. The summed E-state index contributed by atoms with van der Waals surface area (Å²) < 4.78 is 10.9. The van der Waals surface area contributed by atoms with Crippen LogP contribution in [0.4, 0.5) is 0 Å². The van der Waals surface area contributed by atoms with Gasteiger partial charge in [-0.1, -0.05) is 19.1 Å². The van der Waals surface area contributed by atoms with Crippen molar-refractivity contribution >= 4 is 0 Å². The Morgan fingerprint density at radius 1 is 1.16 bits per heavy atom. The highest BCUT2D eigenvalue weighted by atomic mass is 16.5. The third-order valence-electron chi connectivity index (χ3n) is 3.03.